The minimum atomic E-state index is -2.34. The third kappa shape index (κ3) is 4.53. The molecule has 2 aromatic heterocycles. The lowest BCUT2D eigenvalue weighted by atomic mass is 10.0. The van der Waals surface area contributed by atoms with Crippen molar-refractivity contribution in [2.75, 3.05) is 28.6 Å². The standard InChI is InChI=1S/C22H22Cl2FN5O2S/c1-12(21-15(23)10-28-11-16(21)24)32-19-7-14(18(26)8-17(19)25)22(27)13-3-4-20(29-9-13)30-5-6-33(30,2)31/h3-4,7-12,27,33H,5-6,26H2,1-2H3/t12-/m1/s1. The fourth-order valence-corrected chi connectivity index (χ4v) is 5.78. The minimum absolute atomic E-state index is 0.0484. The molecular formula is C22H22Cl2FN5O2S. The van der Waals surface area contributed by atoms with Crippen LogP contribution in [-0.2, 0) is 10.1 Å². The van der Waals surface area contributed by atoms with E-state index in [1.165, 1.54) is 24.7 Å². The Morgan fingerprint density at radius 1 is 1.27 bits per heavy atom. The zero-order chi connectivity index (χ0) is 23.9. The highest BCUT2D eigenvalue weighted by Crippen LogP contribution is 2.35. The molecule has 11 heteroatoms. The number of pyridine rings is 2. The molecule has 174 valence electrons. The number of nitrogens with one attached hydrogen (secondary N) is 1. The molecule has 3 heterocycles. The number of nitrogen functional groups attached to an aromatic ring is 1. The Bertz CT molecular complexity index is 1270. The Morgan fingerprint density at radius 3 is 2.52 bits per heavy atom. The Morgan fingerprint density at radius 2 is 1.97 bits per heavy atom. The van der Waals surface area contributed by atoms with Crippen LogP contribution in [0.1, 0.15) is 29.7 Å². The van der Waals surface area contributed by atoms with Crippen molar-refractivity contribution in [1.29, 1.82) is 5.41 Å². The largest absolute Gasteiger partial charge is 0.483 e. The Kier molecular flexibility index (Phi) is 6.30. The second-order valence-electron chi connectivity index (χ2n) is 7.82. The number of hydrogen-bond acceptors (Lipinski definition) is 6. The van der Waals surface area contributed by atoms with Gasteiger partial charge in [-0.3, -0.25) is 18.9 Å². The third-order valence-electron chi connectivity index (χ3n) is 5.51. The van der Waals surface area contributed by atoms with Gasteiger partial charge in [-0.25, -0.2) is 9.37 Å². The number of nitrogens with zero attached hydrogens (tertiary/aromatic N) is 3. The topological polar surface area (TPSA) is 105 Å². The van der Waals surface area contributed by atoms with Gasteiger partial charge >= 0.3 is 0 Å². The Labute approximate surface area is 201 Å². The van der Waals surface area contributed by atoms with E-state index in [2.05, 4.69) is 9.97 Å². The minimum Gasteiger partial charge on any atom is -0.483 e. The zero-order valence-electron chi connectivity index (χ0n) is 17.8. The summed E-state index contributed by atoms with van der Waals surface area (Å²) >= 11 is 12.4. The molecule has 1 aliphatic rings. The first-order chi connectivity index (χ1) is 15.6. The molecule has 1 aromatic carbocycles. The number of aromatic nitrogens is 2. The maximum atomic E-state index is 14.6. The molecular weight excluding hydrogens is 488 g/mol. The Balaban J connectivity index is 1.60. The molecule has 0 aliphatic carbocycles. The first kappa shape index (κ1) is 23.4. The van der Waals surface area contributed by atoms with Crippen LogP contribution in [0.15, 0.2) is 42.9 Å². The van der Waals surface area contributed by atoms with Gasteiger partial charge in [0.15, 0.2) is 11.6 Å². The molecule has 1 atom stereocenters. The molecule has 7 nitrogen and oxygen atoms in total. The average Bonchev–Trinajstić information content (AvgIpc) is 2.75. The van der Waals surface area contributed by atoms with Crippen LogP contribution in [0.3, 0.4) is 0 Å². The van der Waals surface area contributed by atoms with E-state index in [-0.39, 0.29) is 22.7 Å². The first-order valence-corrected chi connectivity index (χ1v) is 13.1. The number of anilines is 2. The van der Waals surface area contributed by atoms with E-state index in [9.17, 15) is 8.60 Å². The second kappa shape index (κ2) is 8.89. The number of rotatable bonds is 6. The monoisotopic (exact) mass is 509 g/mol. The van der Waals surface area contributed by atoms with Crippen molar-refractivity contribution in [2.45, 2.75) is 13.0 Å². The normalized spacial score (nSPS) is 16.6. The summed E-state index contributed by atoms with van der Waals surface area (Å²) in [6, 6.07) is 5.89. The zero-order valence-corrected chi connectivity index (χ0v) is 20.3. The molecule has 33 heavy (non-hydrogen) atoms. The molecule has 0 unspecified atom stereocenters. The van der Waals surface area contributed by atoms with E-state index in [0.717, 1.165) is 6.07 Å². The number of ether oxygens (including phenoxy) is 1. The molecule has 4 rings (SSSR count). The number of thiol groups is 1. The van der Waals surface area contributed by atoms with E-state index in [4.69, 9.17) is 39.1 Å². The van der Waals surface area contributed by atoms with E-state index < -0.39 is 22.0 Å². The number of hydrogen-bond donors (Lipinski definition) is 3. The van der Waals surface area contributed by atoms with Crippen LogP contribution in [0.4, 0.5) is 15.9 Å². The predicted octanol–water partition coefficient (Wildman–Crippen LogP) is 4.44. The van der Waals surface area contributed by atoms with E-state index in [0.29, 0.717) is 39.3 Å². The smallest absolute Gasteiger partial charge is 0.167 e. The summed E-state index contributed by atoms with van der Waals surface area (Å²) in [5, 5.41) is 9.18. The van der Waals surface area contributed by atoms with Crippen molar-refractivity contribution in [1.82, 2.24) is 9.97 Å². The number of nitrogens with two attached hydrogens (primary N) is 1. The highest BCUT2D eigenvalue weighted by atomic mass is 35.5. The van der Waals surface area contributed by atoms with Gasteiger partial charge in [-0.2, -0.15) is 0 Å². The Hall–Kier alpha value is -2.75. The average molecular weight is 510 g/mol. The van der Waals surface area contributed by atoms with Crippen LogP contribution in [-0.4, -0.2) is 38.4 Å². The van der Waals surface area contributed by atoms with Crippen LogP contribution in [0, 0.1) is 11.2 Å². The van der Waals surface area contributed by atoms with Crippen LogP contribution < -0.4 is 14.8 Å². The first-order valence-electron chi connectivity index (χ1n) is 10.0. The van der Waals surface area contributed by atoms with Crippen molar-refractivity contribution in [2.24, 2.45) is 0 Å². The third-order valence-corrected chi connectivity index (χ3v) is 8.57. The van der Waals surface area contributed by atoms with Crippen molar-refractivity contribution >= 4 is 50.5 Å². The van der Waals surface area contributed by atoms with Gasteiger partial charge in [0.05, 0.1) is 15.8 Å². The summed E-state index contributed by atoms with van der Waals surface area (Å²) in [6.45, 7) is 2.37. The number of benzene rings is 1. The molecule has 3 N–H and O–H groups in total. The van der Waals surface area contributed by atoms with Gasteiger partial charge in [-0.15, -0.1) is 0 Å². The van der Waals surface area contributed by atoms with Gasteiger partial charge in [-0.05, 0) is 35.2 Å². The molecule has 1 fully saturated rings. The lowest BCUT2D eigenvalue weighted by Gasteiger charge is -2.43. The maximum absolute atomic E-state index is 14.6. The lowest BCUT2D eigenvalue weighted by molar-refractivity contribution is 0.216. The summed E-state index contributed by atoms with van der Waals surface area (Å²) in [5.74, 6) is 0.481. The van der Waals surface area contributed by atoms with Gasteiger partial charge in [0.2, 0.25) is 0 Å². The van der Waals surface area contributed by atoms with Crippen molar-refractivity contribution in [3.05, 3.63) is 75.4 Å². The summed E-state index contributed by atoms with van der Waals surface area (Å²) in [5.41, 5.74) is 7.37. The van der Waals surface area contributed by atoms with Gasteiger partial charge in [-0.1, -0.05) is 23.2 Å². The van der Waals surface area contributed by atoms with Crippen molar-refractivity contribution in [3.8, 4) is 5.75 Å². The highest BCUT2D eigenvalue weighted by molar-refractivity contribution is 8.05. The van der Waals surface area contributed by atoms with E-state index in [1.807, 2.05) is 0 Å². The van der Waals surface area contributed by atoms with Gasteiger partial charge in [0.25, 0.3) is 0 Å². The summed E-state index contributed by atoms with van der Waals surface area (Å²) < 4.78 is 34.5. The van der Waals surface area contributed by atoms with Crippen molar-refractivity contribution < 1.29 is 13.3 Å². The lowest BCUT2D eigenvalue weighted by Crippen LogP contribution is -2.53. The fraction of sp³-hybridized carbons (Fsp3) is 0.227. The predicted molar refractivity (Wildman–Crippen MR) is 132 cm³/mol. The molecule has 0 spiro atoms. The van der Waals surface area contributed by atoms with E-state index in [1.54, 1.807) is 29.6 Å². The van der Waals surface area contributed by atoms with Crippen LogP contribution in [0.25, 0.3) is 0 Å². The van der Waals surface area contributed by atoms with Crippen LogP contribution in [0.2, 0.25) is 10.0 Å². The molecule has 3 aromatic rings. The quantitative estimate of drug-likeness (QED) is 0.258. The molecule has 0 radical (unpaired) electrons. The second-order valence-corrected chi connectivity index (χ2v) is 11.7. The molecule has 1 saturated heterocycles. The summed E-state index contributed by atoms with van der Waals surface area (Å²) in [4.78, 5) is 8.26. The summed E-state index contributed by atoms with van der Waals surface area (Å²) in [6.07, 6.45) is 5.41. The van der Waals surface area contributed by atoms with Gasteiger partial charge < -0.3 is 10.5 Å². The molecule has 0 bridgehead atoms. The molecule has 1 aliphatic heterocycles. The highest BCUT2D eigenvalue weighted by Gasteiger charge is 2.30. The van der Waals surface area contributed by atoms with Gasteiger partial charge in [0, 0.05) is 65.6 Å². The van der Waals surface area contributed by atoms with Crippen molar-refractivity contribution in [3.63, 3.8) is 0 Å². The van der Waals surface area contributed by atoms with E-state index >= 15 is 0 Å². The molecule has 0 amide bonds. The maximum Gasteiger partial charge on any atom is 0.167 e. The van der Waals surface area contributed by atoms with Crippen LogP contribution >= 0.6 is 23.2 Å². The number of halogens is 3. The van der Waals surface area contributed by atoms with Gasteiger partial charge in [0.1, 0.15) is 11.9 Å². The molecule has 0 saturated carbocycles. The SMILES string of the molecule is C[C@@H](Oc1cc(C(=N)c2ccc(N3CC[SH]3(C)=O)nc2)c(N)cc1F)c1c(Cl)cncc1Cl. The summed E-state index contributed by atoms with van der Waals surface area (Å²) in [7, 11) is -2.34. The fourth-order valence-electron chi connectivity index (χ4n) is 3.59. The van der Waals surface area contributed by atoms with Crippen LogP contribution in [0.5, 0.6) is 5.75 Å².